The maximum Gasteiger partial charge on any atom is 0.415 e. The molecule has 0 bridgehead atoms. The third-order valence-corrected chi connectivity index (χ3v) is 5.03. The van der Waals surface area contributed by atoms with Crippen LogP contribution in [-0.4, -0.2) is 16.7 Å². The molecule has 1 aromatic heterocycles. The van der Waals surface area contributed by atoms with Gasteiger partial charge in [0.15, 0.2) is 5.82 Å². The number of anilines is 1. The Bertz CT molecular complexity index is 1350. The van der Waals surface area contributed by atoms with E-state index in [1.54, 1.807) is 45.0 Å². The van der Waals surface area contributed by atoms with Crippen molar-refractivity contribution in [2.24, 2.45) is 0 Å². The number of hydrogen-bond acceptors (Lipinski definition) is 6. The molecule has 0 aliphatic rings. The highest BCUT2D eigenvalue weighted by atomic mass is 19.1. The molecular weight excluding hydrogens is 466 g/mol. The number of nitriles is 2. The van der Waals surface area contributed by atoms with Crippen LogP contribution in [0.4, 0.5) is 19.3 Å². The number of amides is 1. The lowest BCUT2D eigenvalue weighted by molar-refractivity contribution is 0.0577. The van der Waals surface area contributed by atoms with Crippen molar-refractivity contribution in [2.75, 3.05) is 4.90 Å². The Balaban J connectivity index is 1.97. The van der Waals surface area contributed by atoms with Gasteiger partial charge in [0.05, 0.1) is 29.8 Å². The molecule has 0 spiro atoms. The minimum absolute atomic E-state index is 0.0334. The zero-order valence-electron chi connectivity index (χ0n) is 20.3. The van der Waals surface area contributed by atoms with Gasteiger partial charge in [-0.05, 0) is 69.7 Å². The van der Waals surface area contributed by atoms with Gasteiger partial charge in [-0.25, -0.2) is 14.2 Å². The Labute approximate surface area is 208 Å². The molecule has 0 radical (unpaired) electrons. The number of pyridine rings is 1. The first-order valence-corrected chi connectivity index (χ1v) is 11.0. The molecule has 0 unspecified atom stereocenters. The maximum absolute atomic E-state index is 15.6. The average molecular weight is 491 g/mol. The molecule has 36 heavy (non-hydrogen) atoms. The van der Waals surface area contributed by atoms with Crippen molar-refractivity contribution in [1.29, 1.82) is 10.5 Å². The monoisotopic (exact) mass is 490 g/mol. The average Bonchev–Trinajstić information content (AvgIpc) is 2.83. The van der Waals surface area contributed by atoms with Crippen LogP contribution in [-0.2, 0) is 17.9 Å². The topological polar surface area (TPSA) is 99.2 Å². The zero-order valence-corrected chi connectivity index (χ0v) is 20.3. The molecule has 3 aromatic rings. The van der Waals surface area contributed by atoms with E-state index in [4.69, 9.17) is 20.0 Å². The Morgan fingerprint density at radius 1 is 1.06 bits per heavy atom. The van der Waals surface area contributed by atoms with Crippen molar-refractivity contribution in [3.05, 3.63) is 88.2 Å². The van der Waals surface area contributed by atoms with Crippen LogP contribution >= 0.6 is 0 Å². The van der Waals surface area contributed by atoms with Gasteiger partial charge in [0.25, 0.3) is 5.95 Å². The molecule has 0 atom stereocenters. The van der Waals surface area contributed by atoms with Gasteiger partial charge >= 0.3 is 6.09 Å². The Kier molecular flexibility index (Phi) is 7.86. The lowest BCUT2D eigenvalue weighted by Crippen LogP contribution is -2.37. The van der Waals surface area contributed by atoms with Crippen molar-refractivity contribution in [3.8, 4) is 17.9 Å². The van der Waals surface area contributed by atoms with E-state index in [0.29, 0.717) is 22.4 Å². The smallest absolute Gasteiger partial charge is 0.415 e. The molecule has 0 N–H and O–H groups in total. The summed E-state index contributed by atoms with van der Waals surface area (Å²) in [4.78, 5) is 18.0. The van der Waals surface area contributed by atoms with Crippen LogP contribution in [0.15, 0.2) is 48.5 Å². The van der Waals surface area contributed by atoms with Gasteiger partial charge in [-0.15, -0.1) is 0 Å². The molecule has 0 saturated heterocycles. The van der Waals surface area contributed by atoms with E-state index in [-0.39, 0.29) is 24.4 Å². The zero-order chi connectivity index (χ0) is 26.5. The predicted molar refractivity (Wildman–Crippen MR) is 128 cm³/mol. The molecule has 1 heterocycles. The fourth-order valence-electron chi connectivity index (χ4n) is 3.30. The minimum Gasteiger partial charge on any atom is -0.481 e. The van der Waals surface area contributed by atoms with Crippen molar-refractivity contribution in [2.45, 2.75) is 46.4 Å². The fourth-order valence-corrected chi connectivity index (χ4v) is 3.30. The summed E-state index contributed by atoms with van der Waals surface area (Å²) >= 11 is 0. The second-order valence-corrected chi connectivity index (χ2v) is 8.94. The highest BCUT2D eigenvalue weighted by Gasteiger charge is 2.28. The van der Waals surface area contributed by atoms with Crippen molar-refractivity contribution < 1.29 is 23.0 Å². The van der Waals surface area contributed by atoms with Crippen LogP contribution in [0.2, 0.25) is 0 Å². The summed E-state index contributed by atoms with van der Waals surface area (Å²) in [6, 6.07) is 16.5. The number of carbonyl (C=O) groups is 1. The minimum atomic E-state index is -1.13. The second-order valence-electron chi connectivity index (χ2n) is 8.94. The standard InChI is InChI=1S/C27H24F2N4O3/c1-17-22(15-33(26(34)36-27(2,3)4)21-10-8-18(13-30)9-11-21)23(28)24(25(29)32-17)35-16-20-7-5-6-19(12-20)14-31/h5-12H,15-16H2,1-4H3. The lowest BCUT2D eigenvalue weighted by atomic mass is 10.1. The fraction of sp³-hybridized carbons (Fsp3) is 0.259. The van der Waals surface area contributed by atoms with Gasteiger partial charge in [-0.2, -0.15) is 14.9 Å². The number of benzene rings is 2. The van der Waals surface area contributed by atoms with Crippen LogP contribution in [0.1, 0.15) is 48.7 Å². The van der Waals surface area contributed by atoms with Crippen molar-refractivity contribution in [1.82, 2.24) is 4.98 Å². The number of rotatable bonds is 6. The quantitative estimate of drug-likeness (QED) is 0.397. The number of hydrogen-bond donors (Lipinski definition) is 0. The van der Waals surface area contributed by atoms with Crippen LogP contribution < -0.4 is 9.64 Å². The second kappa shape index (κ2) is 10.8. The summed E-state index contributed by atoms with van der Waals surface area (Å²) in [7, 11) is 0. The van der Waals surface area contributed by atoms with Crippen molar-refractivity contribution >= 4 is 11.8 Å². The normalized spacial score (nSPS) is 10.8. The van der Waals surface area contributed by atoms with E-state index in [1.807, 2.05) is 12.1 Å². The first-order chi connectivity index (χ1) is 17.0. The van der Waals surface area contributed by atoms with Gasteiger partial charge in [0, 0.05) is 16.9 Å². The Morgan fingerprint density at radius 3 is 2.33 bits per heavy atom. The number of ether oxygens (including phenoxy) is 2. The number of carbonyl (C=O) groups excluding carboxylic acids is 1. The van der Waals surface area contributed by atoms with E-state index < -0.39 is 29.2 Å². The Morgan fingerprint density at radius 2 is 1.72 bits per heavy atom. The number of halogens is 2. The molecular formula is C27H24F2N4O3. The van der Waals surface area contributed by atoms with Gasteiger partial charge in [-0.3, -0.25) is 4.90 Å². The summed E-state index contributed by atoms with van der Waals surface area (Å²) in [5, 5.41) is 18.1. The molecule has 9 heteroatoms. The van der Waals surface area contributed by atoms with E-state index in [0.717, 1.165) is 0 Å². The van der Waals surface area contributed by atoms with E-state index in [2.05, 4.69) is 4.98 Å². The van der Waals surface area contributed by atoms with Gasteiger partial charge in [0.1, 0.15) is 12.2 Å². The van der Waals surface area contributed by atoms with E-state index in [1.165, 1.54) is 36.1 Å². The molecule has 184 valence electrons. The molecule has 0 aliphatic carbocycles. The van der Waals surface area contributed by atoms with E-state index in [9.17, 15) is 9.18 Å². The summed E-state index contributed by atoms with van der Waals surface area (Å²) in [5.41, 5.74) is 0.798. The molecule has 2 aromatic carbocycles. The highest BCUT2D eigenvalue weighted by Crippen LogP contribution is 2.29. The lowest BCUT2D eigenvalue weighted by Gasteiger charge is -2.28. The van der Waals surface area contributed by atoms with Crippen LogP contribution in [0, 0.1) is 41.4 Å². The summed E-state index contributed by atoms with van der Waals surface area (Å²) in [5.74, 6) is -2.83. The number of aryl methyl sites for hydroxylation is 1. The molecule has 3 rings (SSSR count). The number of aromatic nitrogens is 1. The van der Waals surface area contributed by atoms with Crippen LogP contribution in [0.3, 0.4) is 0 Å². The molecule has 0 aliphatic heterocycles. The van der Waals surface area contributed by atoms with Gasteiger partial charge in [0.2, 0.25) is 5.75 Å². The van der Waals surface area contributed by atoms with Crippen LogP contribution in [0.25, 0.3) is 0 Å². The van der Waals surface area contributed by atoms with Crippen molar-refractivity contribution in [3.63, 3.8) is 0 Å². The van der Waals surface area contributed by atoms with Crippen LogP contribution in [0.5, 0.6) is 5.75 Å². The van der Waals surface area contributed by atoms with E-state index >= 15 is 4.39 Å². The summed E-state index contributed by atoms with van der Waals surface area (Å²) < 4.78 is 41.1. The predicted octanol–water partition coefficient (Wildman–Crippen LogP) is 5.93. The SMILES string of the molecule is Cc1nc(F)c(OCc2cccc(C#N)c2)c(F)c1CN(C(=O)OC(C)(C)C)c1ccc(C#N)cc1. The third kappa shape index (κ3) is 6.34. The highest BCUT2D eigenvalue weighted by molar-refractivity contribution is 5.88. The summed E-state index contributed by atoms with van der Waals surface area (Å²) in [6.07, 6.45) is -0.758. The maximum atomic E-state index is 15.6. The largest absolute Gasteiger partial charge is 0.481 e. The molecule has 7 nitrogen and oxygen atoms in total. The summed E-state index contributed by atoms with van der Waals surface area (Å²) in [6.45, 7) is 5.99. The van der Waals surface area contributed by atoms with Gasteiger partial charge < -0.3 is 9.47 Å². The Hall–Kier alpha value is -4.50. The molecule has 0 fully saturated rings. The van der Waals surface area contributed by atoms with Gasteiger partial charge in [-0.1, -0.05) is 12.1 Å². The number of nitrogens with zero attached hydrogens (tertiary/aromatic N) is 4. The molecule has 1 amide bonds. The first-order valence-electron chi connectivity index (χ1n) is 11.0. The first kappa shape index (κ1) is 26.1. The molecule has 0 saturated carbocycles. The third-order valence-electron chi connectivity index (χ3n) is 5.03.